The van der Waals surface area contributed by atoms with E-state index in [0.29, 0.717) is 0 Å². The monoisotopic (exact) mass is 266 g/mol. The van der Waals surface area contributed by atoms with Gasteiger partial charge in [0.1, 0.15) is 12.1 Å². The maximum atomic E-state index is 12.7. The molecule has 0 aromatic heterocycles. The topological polar surface area (TPSA) is 49.4 Å². The summed E-state index contributed by atoms with van der Waals surface area (Å²) < 4.78 is 0. The number of hydrogen-bond donors (Lipinski definition) is 1. The van der Waals surface area contributed by atoms with E-state index in [9.17, 15) is 9.59 Å². The Hall–Kier alpha value is -1.06. The number of amides is 2. The van der Waals surface area contributed by atoms with Crippen LogP contribution in [0.5, 0.6) is 0 Å². The van der Waals surface area contributed by atoms with Gasteiger partial charge >= 0.3 is 0 Å². The number of hydrogen-bond acceptors (Lipinski definition) is 2. The highest BCUT2D eigenvalue weighted by molar-refractivity contribution is 5.97. The third-order valence-corrected chi connectivity index (χ3v) is 4.82. The van der Waals surface area contributed by atoms with Crippen molar-refractivity contribution in [3.63, 3.8) is 0 Å². The van der Waals surface area contributed by atoms with Gasteiger partial charge in [0.25, 0.3) is 0 Å². The molecule has 1 aliphatic carbocycles. The van der Waals surface area contributed by atoms with Gasteiger partial charge in [-0.1, -0.05) is 34.1 Å². The van der Waals surface area contributed by atoms with E-state index in [1.54, 1.807) is 0 Å². The molecule has 2 amide bonds. The van der Waals surface area contributed by atoms with Gasteiger partial charge in [-0.05, 0) is 31.1 Å². The van der Waals surface area contributed by atoms with Crippen LogP contribution < -0.4 is 5.32 Å². The number of carbonyl (C=O) groups excluding carboxylic acids is 2. The molecule has 2 aliphatic rings. The molecule has 4 nitrogen and oxygen atoms in total. The summed E-state index contributed by atoms with van der Waals surface area (Å²) in [5.41, 5.74) is 0.114. The molecule has 3 atom stereocenters. The van der Waals surface area contributed by atoms with Gasteiger partial charge in [0.05, 0.1) is 0 Å². The zero-order valence-electron chi connectivity index (χ0n) is 12.7. The maximum absolute atomic E-state index is 12.7. The molecule has 0 aromatic carbocycles. The van der Waals surface area contributed by atoms with E-state index >= 15 is 0 Å². The van der Waals surface area contributed by atoms with E-state index in [2.05, 4.69) is 19.2 Å². The van der Waals surface area contributed by atoms with Crippen molar-refractivity contribution in [3.8, 4) is 0 Å². The SMILES string of the molecule is CC(C)C1NC(=O)C(C)N(C2CCCC2(C)C)C1=O. The van der Waals surface area contributed by atoms with Gasteiger partial charge in [0.15, 0.2) is 0 Å². The minimum absolute atomic E-state index is 0.0130. The fourth-order valence-electron chi connectivity index (χ4n) is 3.51. The Morgan fingerprint density at radius 1 is 1.32 bits per heavy atom. The van der Waals surface area contributed by atoms with E-state index in [4.69, 9.17) is 0 Å². The van der Waals surface area contributed by atoms with Crippen molar-refractivity contribution < 1.29 is 9.59 Å². The van der Waals surface area contributed by atoms with E-state index < -0.39 is 0 Å². The second-order valence-corrected chi connectivity index (χ2v) is 7.05. The van der Waals surface area contributed by atoms with Crippen molar-refractivity contribution in [1.82, 2.24) is 10.2 Å². The molecule has 2 fully saturated rings. The van der Waals surface area contributed by atoms with Gasteiger partial charge in [-0.15, -0.1) is 0 Å². The van der Waals surface area contributed by atoms with Crippen LogP contribution in [0.3, 0.4) is 0 Å². The molecule has 1 aliphatic heterocycles. The standard InChI is InChI=1S/C15H26N2O2/c1-9(2)12-14(19)17(10(3)13(18)16-12)11-7-6-8-15(11,4)5/h9-12H,6-8H2,1-5H3,(H,16,18). The van der Waals surface area contributed by atoms with Gasteiger partial charge in [0.2, 0.25) is 11.8 Å². The average Bonchev–Trinajstić information content (AvgIpc) is 2.64. The molecule has 0 spiro atoms. The molecule has 3 unspecified atom stereocenters. The zero-order chi connectivity index (χ0) is 14.4. The van der Waals surface area contributed by atoms with Crippen molar-refractivity contribution in [3.05, 3.63) is 0 Å². The zero-order valence-corrected chi connectivity index (χ0v) is 12.7. The third kappa shape index (κ3) is 2.37. The van der Waals surface area contributed by atoms with Crippen LogP contribution in [0.2, 0.25) is 0 Å². The van der Waals surface area contributed by atoms with Crippen LogP contribution in [-0.4, -0.2) is 34.8 Å². The number of nitrogens with zero attached hydrogens (tertiary/aromatic N) is 1. The average molecular weight is 266 g/mol. The van der Waals surface area contributed by atoms with Crippen LogP contribution >= 0.6 is 0 Å². The minimum Gasteiger partial charge on any atom is -0.342 e. The van der Waals surface area contributed by atoms with Crippen LogP contribution in [0.1, 0.15) is 53.9 Å². The summed E-state index contributed by atoms with van der Waals surface area (Å²) in [6.07, 6.45) is 3.28. The molecule has 2 rings (SSSR count). The van der Waals surface area contributed by atoms with E-state index in [1.807, 2.05) is 25.7 Å². The third-order valence-electron chi connectivity index (χ3n) is 4.82. The first-order valence-corrected chi connectivity index (χ1v) is 7.38. The molecule has 19 heavy (non-hydrogen) atoms. The fourth-order valence-corrected chi connectivity index (χ4v) is 3.51. The molecular formula is C15H26N2O2. The fraction of sp³-hybridized carbons (Fsp3) is 0.867. The Morgan fingerprint density at radius 2 is 1.95 bits per heavy atom. The highest BCUT2D eigenvalue weighted by Crippen LogP contribution is 2.42. The highest BCUT2D eigenvalue weighted by Gasteiger charge is 2.48. The van der Waals surface area contributed by atoms with Crippen LogP contribution in [0.4, 0.5) is 0 Å². The lowest BCUT2D eigenvalue weighted by atomic mass is 9.84. The van der Waals surface area contributed by atoms with Crippen LogP contribution in [0.15, 0.2) is 0 Å². The van der Waals surface area contributed by atoms with Crippen molar-refractivity contribution in [2.45, 2.75) is 72.0 Å². The van der Waals surface area contributed by atoms with Crippen molar-refractivity contribution in [2.24, 2.45) is 11.3 Å². The molecule has 1 N–H and O–H groups in total. The molecule has 4 heteroatoms. The van der Waals surface area contributed by atoms with Crippen LogP contribution in [0.25, 0.3) is 0 Å². The van der Waals surface area contributed by atoms with Crippen molar-refractivity contribution in [2.75, 3.05) is 0 Å². The predicted octanol–water partition coefficient (Wildman–Crippen LogP) is 1.94. The van der Waals surface area contributed by atoms with Gasteiger partial charge in [0, 0.05) is 6.04 Å². The lowest BCUT2D eigenvalue weighted by molar-refractivity contribution is -0.154. The van der Waals surface area contributed by atoms with Crippen molar-refractivity contribution >= 4 is 11.8 Å². The quantitative estimate of drug-likeness (QED) is 0.830. The summed E-state index contributed by atoms with van der Waals surface area (Å²) in [7, 11) is 0. The van der Waals surface area contributed by atoms with E-state index in [1.165, 1.54) is 0 Å². The second kappa shape index (κ2) is 4.80. The normalized spacial score (nSPS) is 34.8. The van der Waals surface area contributed by atoms with Gasteiger partial charge in [-0.2, -0.15) is 0 Å². The highest BCUT2D eigenvalue weighted by atomic mass is 16.2. The van der Waals surface area contributed by atoms with Crippen LogP contribution in [0, 0.1) is 11.3 Å². The molecule has 1 heterocycles. The molecule has 1 saturated heterocycles. The minimum atomic E-state index is -0.361. The Morgan fingerprint density at radius 3 is 2.42 bits per heavy atom. The molecule has 0 bridgehead atoms. The van der Waals surface area contributed by atoms with Gasteiger partial charge < -0.3 is 10.2 Å². The molecule has 108 valence electrons. The summed E-state index contributed by atoms with van der Waals surface area (Å²) in [5, 5.41) is 2.87. The first-order valence-electron chi connectivity index (χ1n) is 7.38. The van der Waals surface area contributed by atoms with Crippen molar-refractivity contribution in [1.29, 1.82) is 0 Å². The Labute approximate surface area is 115 Å². The summed E-state index contributed by atoms with van der Waals surface area (Å²) in [6.45, 7) is 10.2. The second-order valence-electron chi connectivity index (χ2n) is 7.05. The summed E-state index contributed by atoms with van der Waals surface area (Å²) in [4.78, 5) is 26.7. The largest absolute Gasteiger partial charge is 0.342 e. The first-order chi connectivity index (χ1) is 8.75. The summed E-state index contributed by atoms with van der Waals surface area (Å²) in [5.74, 6) is 0.221. The Bertz CT molecular complexity index is 390. The molecule has 0 radical (unpaired) electrons. The lowest BCUT2D eigenvalue weighted by Crippen LogP contribution is -2.67. The van der Waals surface area contributed by atoms with Crippen LogP contribution in [-0.2, 0) is 9.59 Å². The number of nitrogens with one attached hydrogen (secondary N) is 1. The number of rotatable bonds is 2. The Kier molecular flexibility index (Phi) is 3.63. The smallest absolute Gasteiger partial charge is 0.246 e. The maximum Gasteiger partial charge on any atom is 0.246 e. The Balaban J connectivity index is 2.30. The van der Waals surface area contributed by atoms with E-state index in [0.717, 1.165) is 19.3 Å². The molecule has 1 saturated carbocycles. The molecule has 0 aromatic rings. The lowest BCUT2D eigenvalue weighted by Gasteiger charge is -2.46. The van der Waals surface area contributed by atoms with Gasteiger partial charge in [-0.3, -0.25) is 9.59 Å². The summed E-state index contributed by atoms with van der Waals surface area (Å²) >= 11 is 0. The first kappa shape index (κ1) is 14.4. The molecular weight excluding hydrogens is 240 g/mol. The predicted molar refractivity (Wildman–Crippen MR) is 74.5 cm³/mol. The number of piperazine rings is 1. The summed E-state index contributed by atoms with van der Waals surface area (Å²) in [6, 6.07) is -0.507. The number of carbonyl (C=O) groups is 2. The van der Waals surface area contributed by atoms with Gasteiger partial charge in [-0.25, -0.2) is 0 Å². The van der Waals surface area contributed by atoms with E-state index in [-0.39, 0.29) is 41.3 Å².